The van der Waals surface area contributed by atoms with Gasteiger partial charge in [0.2, 0.25) is 0 Å². The standard InChI is InChI=1S/C18H16BF4N3O3S2/c19-13-3-4-14(30-13)31(28,29)26-7-5-17(6-8-26)16(27)24-15(25-17)10-1-2-12(20)11(9-10)18(21,22)23/h1-4,9H,5-8,19H2,(H,24,25,27). The van der Waals surface area contributed by atoms with Crippen LogP contribution in [0.1, 0.15) is 24.0 Å². The van der Waals surface area contributed by atoms with Gasteiger partial charge >= 0.3 is 6.18 Å². The first kappa shape index (κ1) is 22.0. The minimum absolute atomic E-state index is 0.0424. The maximum absolute atomic E-state index is 13.6. The lowest BCUT2D eigenvalue weighted by atomic mass is 9.89. The molecule has 1 saturated heterocycles. The highest BCUT2D eigenvalue weighted by atomic mass is 32.2. The van der Waals surface area contributed by atoms with Crippen molar-refractivity contribution in [3.8, 4) is 0 Å². The Morgan fingerprint density at radius 2 is 1.84 bits per heavy atom. The van der Waals surface area contributed by atoms with Crippen molar-refractivity contribution in [2.75, 3.05) is 13.1 Å². The van der Waals surface area contributed by atoms with Gasteiger partial charge in [0.25, 0.3) is 15.9 Å². The molecule has 0 unspecified atom stereocenters. The Labute approximate surface area is 180 Å². The molecule has 31 heavy (non-hydrogen) atoms. The first-order valence-corrected chi connectivity index (χ1v) is 11.5. The van der Waals surface area contributed by atoms with Gasteiger partial charge in [0.1, 0.15) is 21.4 Å². The van der Waals surface area contributed by atoms with Gasteiger partial charge in [0.05, 0.1) is 5.56 Å². The zero-order valence-corrected chi connectivity index (χ0v) is 17.8. The molecule has 0 radical (unpaired) electrons. The molecule has 3 heterocycles. The smallest absolute Gasteiger partial charge is 0.308 e. The number of carbonyl (C=O) groups is 1. The van der Waals surface area contributed by atoms with Gasteiger partial charge in [-0.2, -0.15) is 17.5 Å². The van der Waals surface area contributed by atoms with Crippen molar-refractivity contribution >= 4 is 45.7 Å². The SMILES string of the molecule is Bc1ccc(S(=O)(=O)N2CCC3(CC2)N=C(c2ccc(F)c(C(F)(F)F)c2)NC3=O)s1. The number of rotatable bonds is 3. The highest BCUT2D eigenvalue weighted by molar-refractivity contribution is 7.91. The van der Waals surface area contributed by atoms with E-state index >= 15 is 0 Å². The fourth-order valence-electron chi connectivity index (χ4n) is 3.66. The van der Waals surface area contributed by atoms with Crippen LogP contribution in [0.3, 0.4) is 0 Å². The van der Waals surface area contributed by atoms with Gasteiger partial charge in [-0.1, -0.05) is 6.07 Å². The largest absolute Gasteiger partial charge is 0.419 e. The van der Waals surface area contributed by atoms with Gasteiger partial charge in [-0.15, -0.1) is 11.3 Å². The number of hydrogen-bond donors (Lipinski definition) is 1. The summed E-state index contributed by atoms with van der Waals surface area (Å²) in [5, 5.41) is 2.47. The van der Waals surface area contributed by atoms with Gasteiger partial charge < -0.3 is 5.32 Å². The Balaban J connectivity index is 1.57. The van der Waals surface area contributed by atoms with E-state index in [1.807, 2.05) is 0 Å². The zero-order chi connectivity index (χ0) is 22.6. The van der Waals surface area contributed by atoms with E-state index in [9.17, 15) is 30.8 Å². The predicted octanol–water partition coefficient (Wildman–Crippen LogP) is 1.26. The first-order chi connectivity index (χ1) is 14.4. The summed E-state index contributed by atoms with van der Waals surface area (Å²) in [6.45, 7) is 0.0847. The molecule has 1 amide bonds. The lowest BCUT2D eigenvalue weighted by Crippen LogP contribution is -2.50. The van der Waals surface area contributed by atoms with Crippen LogP contribution in [0.25, 0.3) is 0 Å². The summed E-state index contributed by atoms with van der Waals surface area (Å²) in [7, 11) is -1.89. The molecule has 0 bridgehead atoms. The number of nitrogens with one attached hydrogen (secondary N) is 1. The highest BCUT2D eigenvalue weighted by Gasteiger charge is 2.48. The van der Waals surface area contributed by atoms with E-state index in [1.54, 1.807) is 13.9 Å². The van der Waals surface area contributed by atoms with Crippen LogP contribution in [0.15, 0.2) is 39.5 Å². The fourth-order valence-corrected chi connectivity index (χ4v) is 6.54. The molecule has 1 spiro atoms. The molecule has 1 N–H and O–H groups in total. The third kappa shape index (κ3) is 3.89. The fraction of sp³-hybridized carbons (Fsp3) is 0.333. The molecule has 0 aliphatic carbocycles. The lowest BCUT2D eigenvalue weighted by molar-refractivity contribution is -0.140. The molecular weight excluding hydrogens is 457 g/mol. The van der Waals surface area contributed by atoms with Crippen LogP contribution in [0.5, 0.6) is 0 Å². The van der Waals surface area contributed by atoms with Gasteiger partial charge in [0, 0.05) is 18.7 Å². The van der Waals surface area contributed by atoms with Crippen LogP contribution >= 0.6 is 11.3 Å². The zero-order valence-electron chi connectivity index (χ0n) is 16.2. The van der Waals surface area contributed by atoms with Crippen LogP contribution in [0.2, 0.25) is 0 Å². The van der Waals surface area contributed by atoms with Crippen LogP contribution in [0, 0.1) is 5.82 Å². The second-order valence-electron chi connectivity index (χ2n) is 7.41. The van der Waals surface area contributed by atoms with Crippen molar-refractivity contribution in [1.82, 2.24) is 9.62 Å². The first-order valence-electron chi connectivity index (χ1n) is 9.27. The van der Waals surface area contributed by atoms with Gasteiger partial charge in [-0.25, -0.2) is 12.8 Å². The Bertz CT molecular complexity index is 1190. The highest BCUT2D eigenvalue weighted by Crippen LogP contribution is 2.35. The van der Waals surface area contributed by atoms with Crippen LogP contribution in [-0.4, -0.2) is 50.9 Å². The Morgan fingerprint density at radius 1 is 1.16 bits per heavy atom. The van der Waals surface area contributed by atoms with E-state index in [-0.39, 0.29) is 41.5 Å². The van der Waals surface area contributed by atoms with E-state index < -0.39 is 39.0 Å². The summed E-state index contributed by atoms with van der Waals surface area (Å²) in [5.41, 5.74) is -2.78. The van der Waals surface area contributed by atoms with Crippen molar-refractivity contribution in [2.45, 2.75) is 28.8 Å². The number of thiophene rings is 1. The average molecular weight is 473 g/mol. The maximum Gasteiger partial charge on any atom is 0.419 e. The third-order valence-corrected chi connectivity index (χ3v) is 8.75. The predicted molar refractivity (Wildman–Crippen MR) is 109 cm³/mol. The number of aliphatic imine (C=N–C) groups is 1. The number of halogens is 4. The van der Waals surface area contributed by atoms with E-state index in [0.717, 1.165) is 22.2 Å². The number of benzene rings is 1. The molecule has 2 aliphatic heterocycles. The Hall–Kier alpha value is -2.25. The molecule has 1 aromatic carbocycles. The number of piperidine rings is 1. The van der Waals surface area contributed by atoms with Crippen molar-refractivity contribution in [2.24, 2.45) is 4.99 Å². The van der Waals surface area contributed by atoms with Crippen molar-refractivity contribution in [1.29, 1.82) is 0 Å². The summed E-state index contributed by atoms with van der Waals surface area (Å²) in [4.78, 5) is 16.9. The molecule has 0 atom stereocenters. The number of alkyl halides is 3. The Kier molecular flexibility index (Phi) is 5.26. The summed E-state index contributed by atoms with van der Waals surface area (Å²) in [5.74, 6) is -2.01. The summed E-state index contributed by atoms with van der Waals surface area (Å²) >= 11 is 1.16. The summed E-state index contributed by atoms with van der Waals surface area (Å²) in [6, 6.07) is 5.64. The number of nitrogens with zero attached hydrogens (tertiary/aromatic N) is 2. The van der Waals surface area contributed by atoms with Crippen molar-refractivity contribution < 1.29 is 30.8 Å². The normalized spacial score (nSPS) is 19.5. The van der Waals surface area contributed by atoms with Gasteiger partial charge in [-0.05, 0) is 41.9 Å². The summed E-state index contributed by atoms with van der Waals surface area (Å²) < 4.78 is 80.5. The maximum atomic E-state index is 13.6. The van der Waals surface area contributed by atoms with E-state index in [4.69, 9.17) is 0 Å². The second kappa shape index (κ2) is 7.42. The van der Waals surface area contributed by atoms with Crippen molar-refractivity contribution in [3.63, 3.8) is 0 Å². The number of sulfonamides is 1. The number of amides is 1. The average Bonchev–Trinajstić information content (AvgIpc) is 3.26. The second-order valence-corrected chi connectivity index (χ2v) is 10.9. The molecule has 1 fully saturated rings. The quantitative estimate of drug-likeness (QED) is 0.539. The van der Waals surface area contributed by atoms with Crippen molar-refractivity contribution in [3.05, 3.63) is 47.3 Å². The third-order valence-electron chi connectivity index (χ3n) is 5.39. The van der Waals surface area contributed by atoms with Crippen LogP contribution in [0.4, 0.5) is 17.6 Å². The molecule has 2 aliphatic rings. The lowest BCUT2D eigenvalue weighted by Gasteiger charge is -2.34. The monoisotopic (exact) mass is 473 g/mol. The van der Waals surface area contributed by atoms with E-state index in [2.05, 4.69) is 10.3 Å². The molecule has 2 aromatic rings. The molecule has 4 rings (SSSR count). The molecule has 6 nitrogen and oxygen atoms in total. The van der Waals surface area contributed by atoms with E-state index in [1.165, 1.54) is 10.4 Å². The van der Waals surface area contributed by atoms with Crippen LogP contribution < -0.4 is 10.1 Å². The molecule has 1 aromatic heterocycles. The number of hydrogen-bond acceptors (Lipinski definition) is 5. The number of amidine groups is 1. The molecular formula is C18H16BF4N3O3S2. The van der Waals surface area contributed by atoms with Crippen LogP contribution in [-0.2, 0) is 21.0 Å². The van der Waals surface area contributed by atoms with Gasteiger partial charge in [0.15, 0.2) is 7.85 Å². The minimum atomic E-state index is -4.89. The molecule has 13 heteroatoms. The topological polar surface area (TPSA) is 78.8 Å². The number of carbonyl (C=O) groups excluding carboxylic acids is 1. The molecule has 164 valence electrons. The minimum Gasteiger partial charge on any atom is -0.308 e. The van der Waals surface area contributed by atoms with E-state index in [0.29, 0.717) is 12.1 Å². The van der Waals surface area contributed by atoms with Gasteiger partial charge in [-0.3, -0.25) is 9.79 Å². The summed E-state index contributed by atoms with van der Waals surface area (Å²) in [6.07, 6.45) is -4.72. The Morgan fingerprint density at radius 3 is 2.42 bits per heavy atom. The molecule has 0 saturated carbocycles.